The molecule has 1 atom stereocenters. The van der Waals surface area contributed by atoms with Crippen molar-refractivity contribution in [2.75, 3.05) is 26.7 Å². The summed E-state index contributed by atoms with van der Waals surface area (Å²) in [6.07, 6.45) is 3.16. The molecule has 0 bridgehead atoms. The maximum absolute atomic E-state index is 5.46. The smallest absolute Gasteiger partial charge is 0.141 e. The minimum atomic E-state index is 0.700. The molecular weight excluding hydrogens is 428 g/mol. The van der Waals surface area contributed by atoms with Gasteiger partial charge in [-0.25, -0.2) is 4.98 Å². The lowest BCUT2D eigenvalue weighted by Crippen LogP contribution is -2.26. The molecule has 2 aromatic carbocycles. The number of rotatable bonds is 8. The van der Waals surface area contributed by atoms with Crippen LogP contribution in [0.15, 0.2) is 59.2 Å². The lowest BCUT2D eigenvalue weighted by Gasteiger charge is -2.16. The van der Waals surface area contributed by atoms with Gasteiger partial charge in [0.15, 0.2) is 0 Å². The van der Waals surface area contributed by atoms with Crippen LogP contribution in [0.1, 0.15) is 17.7 Å². The minimum Gasteiger partial charge on any atom is -0.496 e. The molecular formula is C23H27BrN4O. The summed E-state index contributed by atoms with van der Waals surface area (Å²) in [7, 11) is 1.68. The number of halogens is 1. The molecule has 0 saturated carbocycles. The predicted octanol–water partition coefficient (Wildman–Crippen LogP) is 4.46. The van der Waals surface area contributed by atoms with Crippen LogP contribution in [0.4, 0.5) is 0 Å². The summed E-state index contributed by atoms with van der Waals surface area (Å²) in [4.78, 5) is 10.5. The molecule has 0 aliphatic carbocycles. The second-order valence-corrected chi connectivity index (χ2v) is 8.52. The van der Waals surface area contributed by atoms with Crippen molar-refractivity contribution in [1.82, 2.24) is 20.2 Å². The number of aromatic amines is 1. The molecule has 2 heterocycles. The van der Waals surface area contributed by atoms with E-state index in [1.54, 1.807) is 7.11 Å². The van der Waals surface area contributed by atoms with Gasteiger partial charge in [-0.2, -0.15) is 0 Å². The first-order chi connectivity index (χ1) is 14.2. The van der Waals surface area contributed by atoms with Crippen LogP contribution < -0.4 is 10.1 Å². The van der Waals surface area contributed by atoms with Crippen molar-refractivity contribution in [2.45, 2.75) is 19.5 Å². The molecule has 0 amide bonds. The Morgan fingerprint density at radius 2 is 2.10 bits per heavy atom. The van der Waals surface area contributed by atoms with E-state index in [0.29, 0.717) is 5.92 Å². The van der Waals surface area contributed by atoms with Gasteiger partial charge in [0.1, 0.15) is 11.6 Å². The Morgan fingerprint density at radius 1 is 1.24 bits per heavy atom. The van der Waals surface area contributed by atoms with Crippen molar-refractivity contribution in [3.05, 3.63) is 70.5 Å². The molecule has 0 spiro atoms. The van der Waals surface area contributed by atoms with E-state index >= 15 is 0 Å². The van der Waals surface area contributed by atoms with Gasteiger partial charge < -0.3 is 15.0 Å². The number of H-pyrrole nitrogens is 1. The number of imidazole rings is 1. The van der Waals surface area contributed by atoms with Crippen molar-refractivity contribution in [3.8, 4) is 17.1 Å². The van der Waals surface area contributed by atoms with Gasteiger partial charge in [0.25, 0.3) is 0 Å². The summed E-state index contributed by atoms with van der Waals surface area (Å²) in [5, 5.41) is 3.59. The van der Waals surface area contributed by atoms with Crippen LogP contribution in [0.5, 0.6) is 5.75 Å². The van der Waals surface area contributed by atoms with E-state index in [9.17, 15) is 0 Å². The fraction of sp³-hybridized carbons (Fsp3) is 0.348. The van der Waals surface area contributed by atoms with E-state index in [1.807, 2.05) is 24.4 Å². The summed E-state index contributed by atoms with van der Waals surface area (Å²) in [6, 6.07) is 16.7. The van der Waals surface area contributed by atoms with Crippen molar-refractivity contribution in [1.29, 1.82) is 0 Å². The first-order valence-electron chi connectivity index (χ1n) is 10.1. The fourth-order valence-electron chi connectivity index (χ4n) is 3.93. The van der Waals surface area contributed by atoms with Gasteiger partial charge in [0.05, 0.1) is 12.7 Å². The molecule has 0 radical (unpaired) electrons. The largest absolute Gasteiger partial charge is 0.496 e. The van der Waals surface area contributed by atoms with Crippen LogP contribution >= 0.6 is 15.9 Å². The van der Waals surface area contributed by atoms with E-state index in [2.05, 4.69) is 66.4 Å². The summed E-state index contributed by atoms with van der Waals surface area (Å²) in [6.45, 7) is 5.21. The second-order valence-electron chi connectivity index (χ2n) is 7.61. The van der Waals surface area contributed by atoms with Crippen molar-refractivity contribution in [3.63, 3.8) is 0 Å². The van der Waals surface area contributed by atoms with E-state index in [0.717, 1.165) is 53.5 Å². The molecule has 3 aromatic rings. The molecule has 1 aliphatic heterocycles. The monoisotopic (exact) mass is 454 g/mol. The molecule has 1 aliphatic rings. The molecule has 2 N–H and O–H groups in total. The molecule has 152 valence electrons. The summed E-state index contributed by atoms with van der Waals surface area (Å²) in [5.41, 5.74) is 3.44. The lowest BCUT2D eigenvalue weighted by atomic mass is 10.1. The Balaban J connectivity index is 1.26. The first kappa shape index (κ1) is 20.1. The first-order valence-corrected chi connectivity index (χ1v) is 10.9. The number of aromatic nitrogens is 2. The Morgan fingerprint density at radius 3 is 2.93 bits per heavy atom. The summed E-state index contributed by atoms with van der Waals surface area (Å²) in [5.74, 6) is 2.34. The minimum absolute atomic E-state index is 0.700. The van der Waals surface area contributed by atoms with Gasteiger partial charge in [-0.15, -0.1) is 0 Å². The van der Waals surface area contributed by atoms with E-state index < -0.39 is 0 Å². The quantitative estimate of drug-likeness (QED) is 0.527. The van der Waals surface area contributed by atoms with Gasteiger partial charge in [0.2, 0.25) is 0 Å². The van der Waals surface area contributed by atoms with Crippen LogP contribution in [0, 0.1) is 5.92 Å². The third kappa shape index (κ3) is 5.26. The topological polar surface area (TPSA) is 53.2 Å². The molecule has 29 heavy (non-hydrogen) atoms. The van der Waals surface area contributed by atoms with Crippen molar-refractivity contribution < 1.29 is 4.74 Å². The number of likely N-dealkylation sites (tertiary alicyclic amines) is 1. The molecule has 5 nitrogen and oxygen atoms in total. The summed E-state index contributed by atoms with van der Waals surface area (Å²) < 4.78 is 6.47. The molecule has 1 saturated heterocycles. The van der Waals surface area contributed by atoms with E-state index in [-0.39, 0.29) is 0 Å². The van der Waals surface area contributed by atoms with Gasteiger partial charge in [-0.3, -0.25) is 4.90 Å². The van der Waals surface area contributed by atoms with Crippen molar-refractivity contribution in [2.24, 2.45) is 5.92 Å². The number of benzene rings is 2. The third-order valence-corrected chi connectivity index (χ3v) is 5.91. The zero-order valence-electron chi connectivity index (χ0n) is 16.7. The predicted molar refractivity (Wildman–Crippen MR) is 120 cm³/mol. The number of hydrogen-bond donors (Lipinski definition) is 2. The SMILES string of the molecule is COc1ccc(Br)cc1-c1ncc(CNC[C@@H]2CCN(Cc3ccccc3)C2)[nH]1. The maximum atomic E-state index is 5.46. The van der Waals surface area contributed by atoms with E-state index in [1.165, 1.54) is 18.5 Å². The van der Waals surface area contributed by atoms with Gasteiger partial charge >= 0.3 is 0 Å². The standard InChI is InChI=1S/C23H27BrN4O/c1-29-22-8-7-19(24)11-21(22)23-26-14-20(27-23)13-25-12-18-9-10-28(16-18)15-17-5-3-2-4-6-17/h2-8,11,14,18,25H,9-10,12-13,15-16H2,1H3,(H,26,27)/t18-/m0/s1. The Hall–Kier alpha value is -2.15. The van der Waals surface area contributed by atoms with Crippen LogP contribution in [-0.2, 0) is 13.1 Å². The summed E-state index contributed by atoms with van der Waals surface area (Å²) >= 11 is 3.52. The number of ether oxygens (including phenoxy) is 1. The van der Waals surface area contributed by atoms with Gasteiger partial charge in [-0.05, 0) is 49.2 Å². The number of hydrogen-bond acceptors (Lipinski definition) is 4. The average molecular weight is 455 g/mol. The van der Waals surface area contributed by atoms with Crippen molar-refractivity contribution >= 4 is 15.9 Å². The van der Waals surface area contributed by atoms with Gasteiger partial charge in [0, 0.05) is 36.0 Å². The number of methoxy groups -OCH3 is 1. The van der Waals surface area contributed by atoms with Gasteiger partial charge in [-0.1, -0.05) is 46.3 Å². The fourth-order valence-corrected chi connectivity index (χ4v) is 4.29. The Kier molecular flexibility index (Phi) is 6.64. The third-order valence-electron chi connectivity index (χ3n) is 5.41. The lowest BCUT2D eigenvalue weighted by molar-refractivity contribution is 0.314. The average Bonchev–Trinajstić information content (AvgIpc) is 3.38. The highest BCUT2D eigenvalue weighted by molar-refractivity contribution is 9.10. The maximum Gasteiger partial charge on any atom is 0.141 e. The Bertz CT molecular complexity index is 928. The van der Waals surface area contributed by atoms with Crippen LogP contribution in [0.3, 0.4) is 0 Å². The zero-order chi connectivity index (χ0) is 20.1. The molecule has 1 fully saturated rings. The van der Waals surface area contributed by atoms with Crippen LogP contribution in [-0.4, -0.2) is 41.6 Å². The molecule has 1 aromatic heterocycles. The molecule has 4 rings (SSSR count). The highest BCUT2D eigenvalue weighted by atomic mass is 79.9. The van der Waals surface area contributed by atoms with E-state index in [4.69, 9.17) is 4.74 Å². The van der Waals surface area contributed by atoms with Crippen LogP contribution in [0.2, 0.25) is 0 Å². The normalized spacial score (nSPS) is 17.0. The molecule has 6 heteroatoms. The number of nitrogens with one attached hydrogen (secondary N) is 2. The Labute approximate surface area is 180 Å². The molecule has 0 unspecified atom stereocenters. The van der Waals surface area contributed by atoms with Crippen LogP contribution in [0.25, 0.3) is 11.4 Å². The number of nitrogens with zero attached hydrogens (tertiary/aromatic N) is 2. The zero-order valence-corrected chi connectivity index (χ0v) is 18.3. The highest BCUT2D eigenvalue weighted by Gasteiger charge is 2.22. The highest BCUT2D eigenvalue weighted by Crippen LogP contribution is 2.30. The second kappa shape index (κ2) is 9.57.